The van der Waals surface area contributed by atoms with Crippen molar-refractivity contribution < 1.29 is 4.79 Å². The number of pyridine rings is 1. The zero-order valence-corrected chi connectivity index (χ0v) is 10.0. The van der Waals surface area contributed by atoms with Gasteiger partial charge in [0.15, 0.2) is 0 Å². The SMILES string of the molecule is Cc1cc(C)c(C(=O)NC(C)(C)C)cn1. The van der Waals surface area contributed by atoms with Crippen molar-refractivity contribution >= 4 is 5.91 Å². The molecule has 15 heavy (non-hydrogen) atoms. The maximum absolute atomic E-state index is 11.8. The van der Waals surface area contributed by atoms with Crippen molar-refractivity contribution in [3.8, 4) is 0 Å². The molecular formula is C12H18N2O. The molecule has 82 valence electrons. The van der Waals surface area contributed by atoms with Crippen LogP contribution in [0.3, 0.4) is 0 Å². The van der Waals surface area contributed by atoms with Crippen LogP contribution in [0.15, 0.2) is 12.3 Å². The maximum Gasteiger partial charge on any atom is 0.253 e. The van der Waals surface area contributed by atoms with Crippen LogP contribution in [0.1, 0.15) is 42.4 Å². The summed E-state index contributed by atoms with van der Waals surface area (Å²) in [7, 11) is 0. The second-order valence-corrected chi connectivity index (χ2v) is 4.84. The molecule has 0 aliphatic heterocycles. The average molecular weight is 206 g/mol. The van der Waals surface area contributed by atoms with E-state index < -0.39 is 0 Å². The highest BCUT2D eigenvalue weighted by Crippen LogP contribution is 2.09. The minimum absolute atomic E-state index is 0.0625. The number of aryl methyl sites for hydroxylation is 2. The third-order valence-electron chi connectivity index (χ3n) is 1.98. The Bertz CT molecular complexity index is 378. The third kappa shape index (κ3) is 3.35. The van der Waals surface area contributed by atoms with Crippen molar-refractivity contribution in [3.05, 3.63) is 29.1 Å². The zero-order chi connectivity index (χ0) is 11.6. The molecule has 0 fully saturated rings. The van der Waals surface area contributed by atoms with E-state index in [0.717, 1.165) is 11.3 Å². The monoisotopic (exact) mass is 206 g/mol. The predicted octanol–water partition coefficient (Wildman–Crippen LogP) is 2.23. The van der Waals surface area contributed by atoms with E-state index in [1.807, 2.05) is 40.7 Å². The first-order valence-corrected chi connectivity index (χ1v) is 5.05. The second-order valence-electron chi connectivity index (χ2n) is 4.84. The molecule has 0 saturated carbocycles. The fourth-order valence-corrected chi connectivity index (χ4v) is 1.34. The molecule has 3 nitrogen and oxygen atoms in total. The van der Waals surface area contributed by atoms with E-state index in [1.54, 1.807) is 6.20 Å². The molecule has 1 heterocycles. The smallest absolute Gasteiger partial charge is 0.253 e. The van der Waals surface area contributed by atoms with Crippen LogP contribution in [-0.2, 0) is 0 Å². The number of aromatic nitrogens is 1. The van der Waals surface area contributed by atoms with E-state index in [-0.39, 0.29) is 11.4 Å². The average Bonchev–Trinajstić information content (AvgIpc) is 1.99. The van der Waals surface area contributed by atoms with E-state index in [2.05, 4.69) is 10.3 Å². The first kappa shape index (κ1) is 11.7. The van der Waals surface area contributed by atoms with E-state index in [4.69, 9.17) is 0 Å². The normalized spacial score (nSPS) is 11.3. The molecule has 0 aromatic carbocycles. The Hall–Kier alpha value is -1.38. The number of nitrogens with zero attached hydrogens (tertiary/aromatic N) is 1. The second kappa shape index (κ2) is 4.01. The number of nitrogens with one attached hydrogen (secondary N) is 1. The highest BCUT2D eigenvalue weighted by atomic mass is 16.1. The van der Waals surface area contributed by atoms with Crippen molar-refractivity contribution in [1.29, 1.82) is 0 Å². The van der Waals surface area contributed by atoms with Crippen LogP contribution in [0.2, 0.25) is 0 Å². The highest BCUT2D eigenvalue weighted by molar-refractivity contribution is 5.95. The number of hydrogen-bond donors (Lipinski definition) is 1. The van der Waals surface area contributed by atoms with Crippen molar-refractivity contribution in [2.24, 2.45) is 0 Å². The molecule has 3 heteroatoms. The van der Waals surface area contributed by atoms with Crippen molar-refractivity contribution in [2.75, 3.05) is 0 Å². The lowest BCUT2D eigenvalue weighted by Crippen LogP contribution is -2.40. The molecule has 0 spiro atoms. The maximum atomic E-state index is 11.8. The van der Waals surface area contributed by atoms with Crippen LogP contribution in [-0.4, -0.2) is 16.4 Å². The Kier molecular flexibility index (Phi) is 3.12. The number of amides is 1. The van der Waals surface area contributed by atoms with Crippen molar-refractivity contribution in [1.82, 2.24) is 10.3 Å². The van der Waals surface area contributed by atoms with Crippen LogP contribution < -0.4 is 5.32 Å². The standard InChI is InChI=1S/C12H18N2O/c1-8-6-9(2)13-7-10(8)11(15)14-12(3,4)5/h6-7H,1-5H3,(H,14,15). The largest absolute Gasteiger partial charge is 0.347 e. The summed E-state index contributed by atoms with van der Waals surface area (Å²) >= 11 is 0. The highest BCUT2D eigenvalue weighted by Gasteiger charge is 2.16. The molecule has 0 radical (unpaired) electrons. The minimum atomic E-state index is -0.214. The summed E-state index contributed by atoms with van der Waals surface area (Å²) in [6.45, 7) is 9.72. The number of carbonyl (C=O) groups is 1. The van der Waals surface area contributed by atoms with Crippen LogP contribution in [0, 0.1) is 13.8 Å². The molecule has 0 bridgehead atoms. The lowest BCUT2D eigenvalue weighted by atomic mass is 10.1. The van der Waals surface area contributed by atoms with Gasteiger partial charge >= 0.3 is 0 Å². The Balaban J connectivity index is 2.92. The Morgan fingerprint density at radius 1 is 1.33 bits per heavy atom. The van der Waals surface area contributed by atoms with Gasteiger partial charge in [-0.05, 0) is 46.2 Å². The van der Waals surface area contributed by atoms with Gasteiger partial charge in [0, 0.05) is 17.4 Å². The summed E-state index contributed by atoms with van der Waals surface area (Å²) in [6, 6.07) is 1.91. The Morgan fingerprint density at radius 2 is 1.93 bits per heavy atom. The number of hydrogen-bond acceptors (Lipinski definition) is 2. The van der Waals surface area contributed by atoms with Crippen LogP contribution >= 0.6 is 0 Å². The van der Waals surface area contributed by atoms with Gasteiger partial charge in [0.25, 0.3) is 5.91 Å². The van der Waals surface area contributed by atoms with Gasteiger partial charge < -0.3 is 5.32 Å². The van der Waals surface area contributed by atoms with Gasteiger partial charge in [0.1, 0.15) is 0 Å². The molecule has 0 aliphatic rings. The van der Waals surface area contributed by atoms with E-state index >= 15 is 0 Å². The molecule has 1 N–H and O–H groups in total. The van der Waals surface area contributed by atoms with Gasteiger partial charge in [0.2, 0.25) is 0 Å². The Labute approximate surface area is 90.9 Å². The number of carbonyl (C=O) groups excluding carboxylic acids is 1. The van der Waals surface area contributed by atoms with Gasteiger partial charge in [-0.3, -0.25) is 9.78 Å². The summed E-state index contributed by atoms with van der Waals surface area (Å²) < 4.78 is 0. The molecule has 1 aromatic rings. The van der Waals surface area contributed by atoms with Gasteiger partial charge in [-0.1, -0.05) is 0 Å². The molecule has 1 rings (SSSR count). The van der Waals surface area contributed by atoms with Gasteiger partial charge in [-0.2, -0.15) is 0 Å². The lowest BCUT2D eigenvalue weighted by molar-refractivity contribution is 0.0918. The minimum Gasteiger partial charge on any atom is -0.347 e. The quantitative estimate of drug-likeness (QED) is 0.765. The summed E-state index contributed by atoms with van der Waals surface area (Å²) in [4.78, 5) is 16.0. The molecule has 0 saturated heterocycles. The summed E-state index contributed by atoms with van der Waals surface area (Å²) in [6.07, 6.45) is 1.63. The number of rotatable bonds is 1. The first-order chi connectivity index (χ1) is 6.79. The van der Waals surface area contributed by atoms with Crippen molar-refractivity contribution in [3.63, 3.8) is 0 Å². The zero-order valence-electron chi connectivity index (χ0n) is 10.0. The van der Waals surface area contributed by atoms with Gasteiger partial charge in [-0.15, -0.1) is 0 Å². The summed E-state index contributed by atoms with van der Waals surface area (Å²) in [5.74, 6) is -0.0625. The van der Waals surface area contributed by atoms with Crippen LogP contribution in [0.4, 0.5) is 0 Å². The van der Waals surface area contributed by atoms with Gasteiger partial charge in [0.05, 0.1) is 5.56 Å². The lowest BCUT2D eigenvalue weighted by Gasteiger charge is -2.21. The molecule has 0 unspecified atom stereocenters. The molecule has 1 aromatic heterocycles. The third-order valence-corrected chi connectivity index (χ3v) is 1.98. The molecule has 0 atom stereocenters. The van der Waals surface area contributed by atoms with E-state index in [9.17, 15) is 4.79 Å². The Morgan fingerprint density at radius 3 is 2.40 bits per heavy atom. The molecule has 1 amide bonds. The molecule has 0 aliphatic carbocycles. The van der Waals surface area contributed by atoms with E-state index in [1.165, 1.54) is 0 Å². The topological polar surface area (TPSA) is 42.0 Å². The van der Waals surface area contributed by atoms with Gasteiger partial charge in [-0.25, -0.2) is 0 Å². The summed E-state index contributed by atoms with van der Waals surface area (Å²) in [5, 5.41) is 2.92. The predicted molar refractivity (Wildman–Crippen MR) is 60.9 cm³/mol. The van der Waals surface area contributed by atoms with E-state index in [0.29, 0.717) is 5.56 Å². The van der Waals surface area contributed by atoms with Crippen LogP contribution in [0.25, 0.3) is 0 Å². The molecular weight excluding hydrogens is 188 g/mol. The van der Waals surface area contributed by atoms with Crippen molar-refractivity contribution in [2.45, 2.75) is 40.2 Å². The first-order valence-electron chi connectivity index (χ1n) is 5.05. The summed E-state index contributed by atoms with van der Waals surface area (Å²) in [5.41, 5.74) is 2.33. The fraction of sp³-hybridized carbons (Fsp3) is 0.500. The van der Waals surface area contributed by atoms with Crippen LogP contribution in [0.5, 0.6) is 0 Å². The fourth-order valence-electron chi connectivity index (χ4n) is 1.34.